The summed E-state index contributed by atoms with van der Waals surface area (Å²) in [6.07, 6.45) is 3.92. The second kappa shape index (κ2) is 3.53. The number of rotatable bonds is 3. The molecule has 1 rings (SSSR count). The molecule has 0 aliphatic rings. The van der Waals surface area contributed by atoms with Gasteiger partial charge in [0.2, 0.25) is 0 Å². The normalized spacial score (nSPS) is 13.9. The number of Topliss-reactive ketones (excluding diaryl/α,β-unsaturated/α-hetero) is 1. The van der Waals surface area contributed by atoms with E-state index in [4.69, 9.17) is 0 Å². The maximum absolute atomic E-state index is 11.6. The van der Waals surface area contributed by atoms with Crippen LogP contribution in [0, 0.1) is 0 Å². The first-order chi connectivity index (χ1) is 6.32. The Balaban J connectivity index is 2.98. The first kappa shape index (κ1) is 10.9. The number of hydrogen-bond donors (Lipinski definition) is 0. The van der Waals surface area contributed by atoms with E-state index in [2.05, 4.69) is 5.10 Å². The Labute approximate surface area is 82.7 Å². The number of aryl methyl sites for hydroxylation is 1. The largest absolute Gasteiger partial charge is 0.293 e. The summed E-state index contributed by atoms with van der Waals surface area (Å²) in [6.45, 7) is 1.38. The highest BCUT2D eigenvalue weighted by Gasteiger charge is 2.25. The molecule has 0 aliphatic carbocycles. The van der Waals surface area contributed by atoms with Crippen molar-refractivity contribution >= 4 is 15.6 Å². The van der Waals surface area contributed by atoms with E-state index >= 15 is 0 Å². The fourth-order valence-electron chi connectivity index (χ4n) is 0.978. The van der Waals surface area contributed by atoms with Crippen molar-refractivity contribution in [2.45, 2.75) is 12.2 Å². The van der Waals surface area contributed by atoms with Crippen LogP contribution in [0.2, 0.25) is 0 Å². The van der Waals surface area contributed by atoms with Crippen molar-refractivity contribution in [3.63, 3.8) is 0 Å². The number of carbonyl (C=O) groups excluding carboxylic acids is 1. The number of carbonyl (C=O) groups is 1. The molecule has 0 fully saturated rings. The summed E-state index contributed by atoms with van der Waals surface area (Å²) < 4.78 is 23.7. The topological polar surface area (TPSA) is 69.0 Å². The molecule has 0 saturated carbocycles. The van der Waals surface area contributed by atoms with Crippen LogP contribution in [-0.2, 0) is 16.9 Å². The summed E-state index contributed by atoms with van der Waals surface area (Å²) in [4.78, 5) is 11.6. The van der Waals surface area contributed by atoms with Gasteiger partial charge in [0.05, 0.1) is 11.8 Å². The van der Waals surface area contributed by atoms with Gasteiger partial charge in [0.15, 0.2) is 15.6 Å². The highest BCUT2D eigenvalue weighted by molar-refractivity contribution is 7.92. The molecule has 0 amide bonds. The molecule has 0 N–H and O–H groups in total. The van der Waals surface area contributed by atoms with Gasteiger partial charge in [0, 0.05) is 19.5 Å². The van der Waals surface area contributed by atoms with Crippen molar-refractivity contribution in [3.8, 4) is 0 Å². The molecule has 5 nitrogen and oxygen atoms in total. The zero-order valence-corrected chi connectivity index (χ0v) is 9.08. The average Bonchev–Trinajstić information content (AvgIpc) is 2.47. The predicted molar refractivity (Wildman–Crippen MR) is 51.8 cm³/mol. The third-order valence-electron chi connectivity index (χ3n) is 2.00. The second-order valence-electron chi connectivity index (χ2n) is 3.24. The monoisotopic (exact) mass is 216 g/mol. The highest BCUT2D eigenvalue weighted by Crippen LogP contribution is 2.08. The molecule has 1 aromatic rings. The molecule has 0 saturated heterocycles. The minimum absolute atomic E-state index is 0.324. The minimum atomic E-state index is -3.33. The number of sulfone groups is 1. The summed E-state index contributed by atoms with van der Waals surface area (Å²) in [6, 6.07) is 0. The molecule has 6 heteroatoms. The van der Waals surface area contributed by atoms with E-state index in [1.165, 1.54) is 24.0 Å². The van der Waals surface area contributed by atoms with Crippen molar-refractivity contribution in [1.82, 2.24) is 9.78 Å². The Morgan fingerprint density at radius 1 is 1.57 bits per heavy atom. The molecule has 1 atom stereocenters. The van der Waals surface area contributed by atoms with E-state index in [1.807, 2.05) is 0 Å². The van der Waals surface area contributed by atoms with E-state index in [9.17, 15) is 13.2 Å². The van der Waals surface area contributed by atoms with Crippen LogP contribution in [0.1, 0.15) is 17.3 Å². The summed E-state index contributed by atoms with van der Waals surface area (Å²) in [5.74, 6) is -0.416. The van der Waals surface area contributed by atoms with Crippen LogP contribution in [0.25, 0.3) is 0 Å². The Morgan fingerprint density at radius 3 is 2.50 bits per heavy atom. The van der Waals surface area contributed by atoms with Gasteiger partial charge in [0.25, 0.3) is 0 Å². The standard InChI is InChI=1S/C8H12N2O3S/c1-6(14(3,12)13)8(11)7-4-9-10(2)5-7/h4-6H,1-3H3. The van der Waals surface area contributed by atoms with Crippen molar-refractivity contribution in [2.75, 3.05) is 6.26 Å². The quantitative estimate of drug-likeness (QED) is 0.669. The second-order valence-corrected chi connectivity index (χ2v) is 5.60. The molecule has 0 spiro atoms. The SMILES string of the molecule is CC(C(=O)c1cnn(C)c1)S(C)(=O)=O. The molecular formula is C8H12N2O3S. The lowest BCUT2D eigenvalue weighted by Gasteiger charge is -2.05. The van der Waals surface area contributed by atoms with Gasteiger partial charge in [-0.05, 0) is 6.92 Å². The van der Waals surface area contributed by atoms with E-state index in [-0.39, 0.29) is 0 Å². The first-order valence-electron chi connectivity index (χ1n) is 4.04. The van der Waals surface area contributed by atoms with Crippen molar-refractivity contribution in [1.29, 1.82) is 0 Å². The third kappa shape index (κ3) is 2.20. The van der Waals surface area contributed by atoms with Crippen LogP contribution in [0.4, 0.5) is 0 Å². The van der Waals surface area contributed by atoms with Crippen molar-refractivity contribution in [2.24, 2.45) is 7.05 Å². The minimum Gasteiger partial charge on any atom is -0.293 e. The Kier molecular flexibility index (Phi) is 2.75. The molecule has 78 valence electrons. The summed E-state index contributed by atoms with van der Waals surface area (Å²) >= 11 is 0. The Hall–Kier alpha value is -1.17. The van der Waals surface area contributed by atoms with Crippen molar-refractivity contribution in [3.05, 3.63) is 18.0 Å². The average molecular weight is 216 g/mol. The fourth-order valence-corrected chi connectivity index (χ4v) is 1.50. The van der Waals surface area contributed by atoms with Gasteiger partial charge in [0.1, 0.15) is 5.25 Å². The lowest BCUT2D eigenvalue weighted by molar-refractivity contribution is 0.0991. The van der Waals surface area contributed by atoms with Gasteiger partial charge < -0.3 is 0 Å². The molecule has 0 radical (unpaired) electrons. The maximum atomic E-state index is 11.6. The van der Waals surface area contributed by atoms with Crippen LogP contribution in [0.3, 0.4) is 0 Å². The van der Waals surface area contributed by atoms with E-state index in [0.717, 1.165) is 6.26 Å². The maximum Gasteiger partial charge on any atom is 0.183 e. The molecule has 1 unspecified atom stereocenters. The Bertz CT molecular complexity index is 447. The van der Waals surface area contributed by atoms with Crippen LogP contribution in [0.15, 0.2) is 12.4 Å². The van der Waals surface area contributed by atoms with Gasteiger partial charge in [-0.3, -0.25) is 9.48 Å². The lowest BCUT2D eigenvalue weighted by atomic mass is 10.2. The molecule has 14 heavy (non-hydrogen) atoms. The van der Waals surface area contributed by atoms with Gasteiger partial charge in [-0.15, -0.1) is 0 Å². The van der Waals surface area contributed by atoms with Crippen LogP contribution in [0.5, 0.6) is 0 Å². The van der Waals surface area contributed by atoms with Gasteiger partial charge in [-0.2, -0.15) is 5.10 Å². The van der Waals surface area contributed by atoms with Gasteiger partial charge in [-0.25, -0.2) is 8.42 Å². The van der Waals surface area contributed by atoms with E-state index in [0.29, 0.717) is 5.56 Å². The zero-order valence-electron chi connectivity index (χ0n) is 8.26. The van der Waals surface area contributed by atoms with Gasteiger partial charge in [-0.1, -0.05) is 0 Å². The number of aromatic nitrogens is 2. The predicted octanol–water partition coefficient (Wildman–Crippen LogP) is 0.0359. The van der Waals surface area contributed by atoms with E-state index in [1.54, 1.807) is 7.05 Å². The van der Waals surface area contributed by atoms with Gasteiger partial charge >= 0.3 is 0 Å². The zero-order chi connectivity index (χ0) is 10.9. The summed E-state index contributed by atoms with van der Waals surface area (Å²) in [7, 11) is -1.66. The first-order valence-corrected chi connectivity index (χ1v) is 5.99. The molecule has 1 aromatic heterocycles. The number of ketones is 1. The Morgan fingerprint density at radius 2 is 2.14 bits per heavy atom. The molecule has 1 heterocycles. The molecule has 0 bridgehead atoms. The molecule has 0 aliphatic heterocycles. The summed E-state index contributed by atoms with van der Waals surface area (Å²) in [5.41, 5.74) is 0.324. The smallest absolute Gasteiger partial charge is 0.183 e. The summed E-state index contributed by atoms with van der Waals surface area (Å²) in [5, 5.41) is 2.80. The third-order valence-corrected chi connectivity index (χ3v) is 3.50. The van der Waals surface area contributed by atoms with Crippen molar-refractivity contribution < 1.29 is 13.2 Å². The van der Waals surface area contributed by atoms with E-state index < -0.39 is 20.9 Å². The number of hydrogen-bond acceptors (Lipinski definition) is 4. The van der Waals surface area contributed by atoms with Crippen LogP contribution < -0.4 is 0 Å². The highest BCUT2D eigenvalue weighted by atomic mass is 32.2. The van der Waals surface area contributed by atoms with Crippen LogP contribution >= 0.6 is 0 Å². The molecular weight excluding hydrogens is 204 g/mol. The van der Waals surface area contributed by atoms with Crippen LogP contribution in [-0.4, -0.2) is 35.5 Å². The number of nitrogens with zero attached hydrogens (tertiary/aromatic N) is 2. The fraction of sp³-hybridized carbons (Fsp3) is 0.500. The lowest BCUT2D eigenvalue weighted by Crippen LogP contribution is -2.25. The molecule has 0 aromatic carbocycles.